The molecule has 0 unspecified atom stereocenters. The largest absolute Gasteiger partial charge is 0.450 e. The number of ether oxygens (including phenoxy) is 2. The summed E-state index contributed by atoms with van der Waals surface area (Å²) in [6, 6.07) is 19.3. The Morgan fingerprint density at radius 1 is 0.956 bits per heavy atom. The molecule has 5 rings (SSSR count). The molecular formula is C35H45N5O5. The van der Waals surface area contributed by atoms with Crippen molar-refractivity contribution >= 4 is 18.1 Å². The van der Waals surface area contributed by atoms with E-state index in [1.54, 1.807) is 18.2 Å². The van der Waals surface area contributed by atoms with E-state index < -0.39 is 11.7 Å². The molecule has 0 bridgehead atoms. The third-order valence-corrected chi connectivity index (χ3v) is 8.42. The molecule has 1 aromatic heterocycles. The molecule has 10 heteroatoms. The fourth-order valence-electron chi connectivity index (χ4n) is 6.40. The molecular weight excluding hydrogens is 570 g/mol. The number of hydrogen-bond donors (Lipinski definition) is 1. The van der Waals surface area contributed by atoms with Crippen LogP contribution in [0.5, 0.6) is 0 Å². The van der Waals surface area contributed by atoms with Crippen LogP contribution < -0.4 is 5.32 Å². The first kappa shape index (κ1) is 32.1. The topological polar surface area (TPSA) is 106 Å². The summed E-state index contributed by atoms with van der Waals surface area (Å²) < 4.78 is 13.0. The minimum absolute atomic E-state index is 0.0865. The molecule has 2 heterocycles. The Morgan fingerprint density at radius 3 is 2.33 bits per heavy atom. The van der Waals surface area contributed by atoms with Crippen molar-refractivity contribution in [1.29, 1.82) is 0 Å². The number of carbonyl (C=O) groups excluding carboxylic acids is 3. The number of aromatic nitrogens is 2. The highest BCUT2D eigenvalue weighted by atomic mass is 16.6. The van der Waals surface area contributed by atoms with E-state index in [0.717, 1.165) is 42.5 Å². The second-order valence-corrected chi connectivity index (χ2v) is 12.8. The molecule has 1 saturated heterocycles. The lowest BCUT2D eigenvalue weighted by Gasteiger charge is -2.41. The number of nitrogens with zero attached hydrogens (tertiary/aromatic N) is 4. The molecule has 3 amide bonds. The number of rotatable bonds is 7. The summed E-state index contributed by atoms with van der Waals surface area (Å²) in [5.74, 6) is -0.178. The maximum Gasteiger partial charge on any atom is 0.410 e. The SMILES string of the molecule is CCOC(=O)N[C@H]1CCCC[C@H]1n1cnc(C(=O)N2CCN(C(=O)OC(C)(C)C)C[C@H]2Cc2ccccc2)c1-c1ccccc1. The zero-order valence-electron chi connectivity index (χ0n) is 26.8. The lowest BCUT2D eigenvalue weighted by molar-refractivity contribution is 0.00429. The van der Waals surface area contributed by atoms with Gasteiger partial charge in [0.25, 0.3) is 5.91 Å². The molecule has 2 fully saturated rings. The lowest BCUT2D eigenvalue weighted by Crippen LogP contribution is -2.58. The Balaban J connectivity index is 1.49. The summed E-state index contributed by atoms with van der Waals surface area (Å²) >= 11 is 0. The van der Waals surface area contributed by atoms with E-state index in [4.69, 9.17) is 14.5 Å². The van der Waals surface area contributed by atoms with E-state index in [2.05, 4.69) is 9.88 Å². The van der Waals surface area contributed by atoms with Crippen molar-refractivity contribution in [1.82, 2.24) is 24.7 Å². The minimum Gasteiger partial charge on any atom is -0.450 e. The molecule has 10 nitrogen and oxygen atoms in total. The van der Waals surface area contributed by atoms with E-state index in [1.807, 2.05) is 86.3 Å². The average Bonchev–Trinajstić information content (AvgIpc) is 3.46. The summed E-state index contributed by atoms with van der Waals surface area (Å²) in [5.41, 5.74) is 2.44. The third-order valence-electron chi connectivity index (χ3n) is 8.42. The van der Waals surface area contributed by atoms with Crippen molar-refractivity contribution in [2.45, 2.75) is 83.5 Å². The van der Waals surface area contributed by atoms with Gasteiger partial charge in [-0.1, -0.05) is 73.5 Å². The number of alkyl carbamates (subject to hydrolysis) is 1. The molecule has 2 aromatic carbocycles. The highest BCUT2D eigenvalue weighted by molar-refractivity contribution is 5.98. The second kappa shape index (κ2) is 14.2. The van der Waals surface area contributed by atoms with Crippen LogP contribution in [0.4, 0.5) is 9.59 Å². The normalized spacial score (nSPS) is 20.4. The van der Waals surface area contributed by atoms with Crippen LogP contribution >= 0.6 is 0 Å². The van der Waals surface area contributed by atoms with Gasteiger partial charge in [-0.05, 0) is 52.5 Å². The number of piperazine rings is 1. The van der Waals surface area contributed by atoms with Crippen molar-refractivity contribution in [3.8, 4) is 11.3 Å². The first-order valence-electron chi connectivity index (χ1n) is 16.0. The maximum atomic E-state index is 14.6. The highest BCUT2D eigenvalue weighted by Gasteiger charge is 2.38. The molecule has 240 valence electrons. The molecule has 0 spiro atoms. The van der Waals surface area contributed by atoms with Crippen LogP contribution in [0.2, 0.25) is 0 Å². The van der Waals surface area contributed by atoms with Crippen LogP contribution in [0.1, 0.15) is 75.5 Å². The second-order valence-electron chi connectivity index (χ2n) is 12.8. The van der Waals surface area contributed by atoms with Gasteiger partial charge in [0.15, 0.2) is 5.69 Å². The molecule has 3 atom stereocenters. The van der Waals surface area contributed by atoms with Gasteiger partial charge >= 0.3 is 12.2 Å². The van der Waals surface area contributed by atoms with Gasteiger partial charge in [0.1, 0.15) is 5.60 Å². The average molecular weight is 616 g/mol. The smallest absolute Gasteiger partial charge is 0.410 e. The number of benzene rings is 2. The van der Waals surface area contributed by atoms with Gasteiger partial charge in [-0.15, -0.1) is 0 Å². The van der Waals surface area contributed by atoms with E-state index in [1.165, 1.54) is 0 Å². The molecule has 3 aromatic rings. The number of amides is 3. The van der Waals surface area contributed by atoms with E-state index in [9.17, 15) is 14.4 Å². The van der Waals surface area contributed by atoms with Gasteiger partial charge in [0, 0.05) is 25.2 Å². The molecule has 1 aliphatic carbocycles. The quantitative estimate of drug-likeness (QED) is 0.345. The predicted octanol–water partition coefficient (Wildman–Crippen LogP) is 6.08. The Morgan fingerprint density at radius 2 is 1.64 bits per heavy atom. The monoisotopic (exact) mass is 615 g/mol. The Bertz CT molecular complexity index is 1450. The maximum absolute atomic E-state index is 14.6. The third kappa shape index (κ3) is 7.85. The fourth-order valence-corrected chi connectivity index (χ4v) is 6.40. The number of imidazole rings is 1. The lowest BCUT2D eigenvalue weighted by atomic mass is 9.89. The zero-order chi connectivity index (χ0) is 32.0. The van der Waals surface area contributed by atoms with Crippen molar-refractivity contribution < 1.29 is 23.9 Å². The summed E-state index contributed by atoms with van der Waals surface area (Å²) in [6.07, 6.45) is 5.18. The fraction of sp³-hybridized carbons (Fsp3) is 0.486. The van der Waals surface area contributed by atoms with Crippen LogP contribution in [0.15, 0.2) is 67.0 Å². The molecule has 45 heavy (non-hydrogen) atoms. The molecule has 2 aliphatic rings. The Kier molecular flexibility index (Phi) is 10.1. The summed E-state index contributed by atoms with van der Waals surface area (Å²) in [6.45, 7) is 8.72. The van der Waals surface area contributed by atoms with Crippen LogP contribution in [0, 0.1) is 0 Å². The van der Waals surface area contributed by atoms with E-state index in [-0.39, 0.29) is 30.1 Å². The predicted molar refractivity (Wildman–Crippen MR) is 172 cm³/mol. The number of carbonyl (C=O) groups is 3. The van der Waals surface area contributed by atoms with Gasteiger partial charge in [-0.3, -0.25) is 4.79 Å². The Labute approximate surface area is 265 Å². The highest BCUT2D eigenvalue weighted by Crippen LogP contribution is 2.35. The molecule has 1 aliphatic heterocycles. The molecule has 1 N–H and O–H groups in total. The van der Waals surface area contributed by atoms with Crippen molar-refractivity contribution in [2.75, 3.05) is 26.2 Å². The van der Waals surface area contributed by atoms with E-state index in [0.29, 0.717) is 38.4 Å². The van der Waals surface area contributed by atoms with Crippen LogP contribution in [0.25, 0.3) is 11.3 Å². The van der Waals surface area contributed by atoms with Crippen LogP contribution in [-0.2, 0) is 15.9 Å². The zero-order valence-corrected chi connectivity index (χ0v) is 26.8. The number of hydrogen-bond acceptors (Lipinski definition) is 6. The number of nitrogens with one attached hydrogen (secondary N) is 1. The standard InChI is InChI=1S/C35H45N5O5/c1-5-44-33(42)37-28-18-12-13-19-29(28)40-24-36-30(31(40)26-16-10-7-11-17-26)32(41)39-21-20-38(34(43)45-35(2,3)4)23-27(39)22-25-14-8-6-9-15-25/h6-11,14-17,24,27-29H,5,12-13,18-23H2,1-4H3,(H,37,42)/t27-,28+,29-/m1/s1. The van der Waals surface area contributed by atoms with Gasteiger partial charge < -0.3 is 29.2 Å². The molecule has 0 radical (unpaired) electrons. The van der Waals surface area contributed by atoms with Crippen molar-refractivity contribution in [2.24, 2.45) is 0 Å². The first-order valence-corrected chi connectivity index (χ1v) is 16.0. The van der Waals surface area contributed by atoms with Gasteiger partial charge in [-0.25, -0.2) is 14.6 Å². The summed E-state index contributed by atoms with van der Waals surface area (Å²) in [4.78, 5) is 48.4. The summed E-state index contributed by atoms with van der Waals surface area (Å²) in [5, 5.41) is 3.06. The minimum atomic E-state index is -0.616. The van der Waals surface area contributed by atoms with Crippen LogP contribution in [-0.4, -0.2) is 81.4 Å². The van der Waals surface area contributed by atoms with Gasteiger partial charge in [0.2, 0.25) is 0 Å². The first-order chi connectivity index (χ1) is 21.6. The van der Waals surface area contributed by atoms with Gasteiger partial charge in [-0.2, -0.15) is 0 Å². The van der Waals surface area contributed by atoms with Crippen LogP contribution in [0.3, 0.4) is 0 Å². The van der Waals surface area contributed by atoms with E-state index >= 15 is 0 Å². The van der Waals surface area contributed by atoms with Crippen molar-refractivity contribution in [3.63, 3.8) is 0 Å². The van der Waals surface area contributed by atoms with Gasteiger partial charge in [0.05, 0.1) is 36.8 Å². The van der Waals surface area contributed by atoms with Crippen molar-refractivity contribution in [3.05, 3.63) is 78.2 Å². The molecule has 1 saturated carbocycles. The summed E-state index contributed by atoms with van der Waals surface area (Å²) in [7, 11) is 0. The Hall–Kier alpha value is -4.34.